The molecular formula is C32H46F3NO. The second kappa shape index (κ2) is 15.4. The molecule has 0 bridgehead atoms. The van der Waals surface area contributed by atoms with E-state index in [4.69, 9.17) is 4.74 Å². The van der Waals surface area contributed by atoms with Crippen LogP contribution in [-0.2, 0) is 12.3 Å². The topological polar surface area (TPSA) is 22.1 Å². The van der Waals surface area contributed by atoms with Crippen molar-refractivity contribution in [1.82, 2.24) is 4.98 Å². The zero-order valence-corrected chi connectivity index (χ0v) is 23.0. The maximum Gasteiger partial charge on any atom is 0.280 e. The number of nitrogens with zero attached hydrogens (tertiary/aromatic N) is 1. The number of aromatic nitrogens is 1. The van der Waals surface area contributed by atoms with Crippen molar-refractivity contribution in [2.24, 2.45) is 5.92 Å². The minimum Gasteiger partial charge on any atom is -0.494 e. The first kappa shape index (κ1) is 29.5. The summed E-state index contributed by atoms with van der Waals surface area (Å²) in [5.41, 5.74) is 1.03. The second-order valence-corrected chi connectivity index (χ2v) is 10.7. The van der Waals surface area contributed by atoms with Gasteiger partial charge in [-0.1, -0.05) is 90.9 Å². The van der Waals surface area contributed by atoms with E-state index >= 15 is 13.2 Å². The minimum atomic E-state index is -3.17. The van der Waals surface area contributed by atoms with Crippen LogP contribution in [0.1, 0.15) is 121 Å². The van der Waals surface area contributed by atoms with Crippen molar-refractivity contribution >= 4 is 0 Å². The van der Waals surface area contributed by atoms with Gasteiger partial charge in [-0.15, -0.1) is 0 Å². The number of fused-ring (bicyclic) bond motifs is 1. The number of ether oxygens (including phenoxy) is 1. The highest BCUT2D eigenvalue weighted by Crippen LogP contribution is 2.47. The van der Waals surface area contributed by atoms with Crippen LogP contribution < -0.4 is 4.74 Å². The number of unbranched alkanes of at least 4 members (excludes halogenated alkanes) is 11. The molecule has 2 aromatic rings. The number of rotatable bonds is 17. The minimum absolute atomic E-state index is 0.393. The predicted molar refractivity (Wildman–Crippen MR) is 147 cm³/mol. The highest BCUT2D eigenvalue weighted by Gasteiger charge is 2.47. The average molecular weight is 518 g/mol. The zero-order chi connectivity index (χ0) is 26.5. The smallest absolute Gasteiger partial charge is 0.280 e. The molecule has 0 saturated heterocycles. The number of aryl methyl sites for hydroxylation is 1. The van der Waals surface area contributed by atoms with Gasteiger partial charge in [-0.05, 0) is 61.6 Å². The van der Waals surface area contributed by atoms with Crippen molar-refractivity contribution in [3.05, 3.63) is 47.4 Å². The van der Waals surface area contributed by atoms with E-state index in [0.29, 0.717) is 42.7 Å². The molecular weight excluding hydrogens is 471 g/mol. The normalized spacial score (nSPS) is 16.5. The number of alkyl halides is 2. The van der Waals surface area contributed by atoms with Gasteiger partial charge in [0.1, 0.15) is 5.75 Å². The lowest BCUT2D eigenvalue weighted by atomic mass is 9.78. The lowest BCUT2D eigenvalue weighted by molar-refractivity contribution is -0.0824. The summed E-state index contributed by atoms with van der Waals surface area (Å²) in [4.78, 5) is 3.98. The van der Waals surface area contributed by atoms with Crippen LogP contribution in [0.4, 0.5) is 13.2 Å². The van der Waals surface area contributed by atoms with E-state index in [1.807, 2.05) is 24.3 Å². The van der Waals surface area contributed by atoms with Gasteiger partial charge in [0.05, 0.1) is 17.9 Å². The van der Waals surface area contributed by atoms with Gasteiger partial charge >= 0.3 is 0 Å². The number of hydrogen-bond donors (Lipinski definition) is 0. The summed E-state index contributed by atoms with van der Waals surface area (Å²) in [6.07, 6.45) is 16.2. The molecule has 1 aromatic heterocycles. The van der Waals surface area contributed by atoms with Crippen molar-refractivity contribution < 1.29 is 17.9 Å². The van der Waals surface area contributed by atoms with E-state index in [9.17, 15) is 0 Å². The average Bonchev–Trinajstić information content (AvgIpc) is 2.88. The molecule has 1 unspecified atom stereocenters. The maximum atomic E-state index is 15.3. The third-order valence-electron chi connectivity index (χ3n) is 7.74. The molecule has 5 heteroatoms. The molecule has 1 aliphatic rings. The van der Waals surface area contributed by atoms with Gasteiger partial charge in [-0.3, -0.25) is 0 Å². The fourth-order valence-electron chi connectivity index (χ4n) is 5.44. The Morgan fingerprint density at radius 3 is 2.08 bits per heavy atom. The van der Waals surface area contributed by atoms with Crippen LogP contribution in [0.15, 0.2) is 30.3 Å². The van der Waals surface area contributed by atoms with Crippen molar-refractivity contribution in [1.29, 1.82) is 0 Å². The van der Waals surface area contributed by atoms with Crippen LogP contribution in [0.5, 0.6) is 5.75 Å². The van der Waals surface area contributed by atoms with Crippen LogP contribution in [0, 0.1) is 11.9 Å². The van der Waals surface area contributed by atoms with Crippen LogP contribution in [0.3, 0.4) is 0 Å². The van der Waals surface area contributed by atoms with E-state index in [-0.39, 0.29) is 0 Å². The fraction of sp³-hybridized carbons (Fsp3) is 0.656. The summed E-state index contributed by atoms with van der Waals surface area (Å²) in [7, 11) is 0. The van der Waals surface area contributed by atoms with E-state index in [1.54, 1.807) is 6.07 Å². The Morgan fingerprint density at radius 2 is 1.43 bits per heavy atom. The van der Waals surface area contributed by atoms with Crippen molar-refractivity contribution in [2.75, 3.05) is 6.61 Å². The summed E-state index contributed by atoms with van der Waals surface area (Å²) in [6, 6.07) is 9.00. The first-order valence-corrected chi connectivity index (χ1v) is 14.8. The van der Waals surface area contributed by atoms with Gasteiger partial charge in [0.15, 0.2) is 0 Å². The Hall–Kier alpha value is -2.04. The third kappa shape index (κ3) is 8.75. The summed E-state index contributed by atoms with van der Waals surface area (Å²) in [5, 5.41) is 0. The maximum absolute atomic E-state index is 15.3. The number of halogens is 3. The molecule has 1 heterocycles. The van der Waals surface area contributed by atoms with E-state index in [0.717, 1.165) is 31.4 Å². The van der Waals surface area contributed by atoms with Crippen molar-refractivity contribution in [3.8, 4) is 17.0 Å². The molecule has 1 aliphatic carbocycles. The van der Waals surface area contributed by atoms with Gasteiger partial charge < -0.3 is 4.74 Å². The number of hydrogen-bond acceptors (Lipinski definition) is 2. The largest absolute Gasteiger partial charge is 0.494 e. The Labute approximate surface area is 222 Å². The number of benzene rings is 1. The van der Waals surface area contributed by atoms with E-state index < -0.39 is 23.4 Å². The van der Waals surface area contributed by atoms with Gasteiger partial charge in [-0.2, -0.15) is 4.39 Å². The fourth-order valence-corrected chi connectivity index (χ4v) is 5.44. The molecule has 3 rings (SSSR count). The molecule has 37 heavy (non-hydrogen) atoms. The predicted octanol–water partition coefficient (Wildman–Crippen LogP) is 10.4. The summed E-state index contributed by atoms with van der Waals surface area (Å²) >= 11 is 0. The number of pyridine rings is 1. The lowest BCUT2D eigenvalue weighted by Crippen LogP contribution is -2.33. The molecule has 2 nitrogen and oxygen atoms in total. The molecule has 0 aliphatic heterocycles. The molecule has 0 radical (unpaired) electrons. The van der Waals surface area contributed by atoms with Crippen LogP contribution in [0.2, 0.25) is 0 Å². The summed E-state index contributed by atoms with van der Waals surface area (Å²) in [5.74, 6) is -4.24. The molecule has 0 N–H and O–H groups in total. The molecule has 0 fully saturated rings. The first-order chi connectivity index (χ1) is 18.0. The van der Waals surface area contributed by atoms with Crippen molar-refractivity contribution in [2.45, 2.75) is 123 Å². The van der Waals surface area contributed by atoms with Crippen molar-refractivity contribution in [3.63, 3.8) is 0 Å². The third-order valence-corrected chi connectivity index (χ3v) is 7.74. The van der Waals surface area contributed by atoms with Crippen LogP contribution >= 0.6 is 0 Å². The van der Waals surface area contributed by atoms with E-state index in [1.165, 1.54) is 57.8 Å². The second-order valence-electron chi connectivity index (χ2n) is 10.7. The molecule has 1 aromatic carbocycles. The molecule has 1 atom stereocenters. The van der Waals surface area contributed by atoms with Gasteiger partial charge in [-0.25, -0.2) is 13.8 Å². The summed E-state index contributed by atoms with van der Waals surface area (Å²) < 4.78 is 51.5. The van der Waals surface area contributed by atoms with Gasteiger partial charge in [0.25, 0.3) is 5.92 Å². The van der Waals surface area contributed by atoms with Gasteiger partial charge in [0.2, 0.25) is 5.95 Å². The highest BCUT2D eigenvalue weighted by atomic mass is 19.3. The van der Waals surface area contributed by atoms with E-state index in [2.05, 4.69) is 18.8 Å². The van der Waals surface area contributed by atoms with Crippen LogP contribution in [-0.4, -0.2) is 11.6 Å². The molecule has 0 saturated carbocycles. The Balaban J connectivity index is 1.54. The molecule has 0 spiro atoms. The van der Waals surface area contributed by atoms with Crippen LogP contribution in [0.25, 0.3) is 11.3 Å². The SMILES string of the molecule is CCCCCCCCCC1CCc2cc(-c3ccc(OCCCCCCCC)cc3)nc(F)c2C1(F)F. The first-order valence-electron chi connectivity index (χ1n) is 14.8. The molecule has 206 valence electrons. The molecule has 0 amide bonds. The Morgan fingerprint density at radius 1 is 0.838 bits per heavy atom. The quantitative estimate of drug-likeness (QED) is 0.154. The summed E-state index contributed by atoms with van der Waals surface area (Å²) in [6.45, 7) is 5.07. The van der Waals surface area contributed by atoms with Gasteiger partial charge in [0, 0.05) is 11.5 Å². The Bertz CT molecular complexity index is 928. The monoisotopic (exact) mass is 517 g/mol. The zero-order valence-electron chi connectivity index (χ0n) is 23.0. The standard InChI is InChI=1S/C32H46F3NO/c1-3-5-7-9-11-12-14-16-27-20-17-26-24-29(36-31(33)30(26)32(27,34)35)25-18-21-28(22-19-25)37-23-15-13-10-8-6-4-2/h18-19,21-22,24,27H,3-17,20,23H2,1-2H3. The lowest BCUT2D eigenvalue weighted by Gasteiger charge is -2.33. The highest BCUT2D eigenvalue weighted by molar-refractivity contribution is 5.62. The Kier molecular flexibility index (Phi) is 12.3.